The molecule has 0 radical (unpaired) electrons. The lowest BCUT2D eigenvalue weighted by Crippen LogP contribution is -2.13. The molecule has 0 aliphatic heterocycles. The number of benzene rings is 9. The Kier molecular flexibility index (Phi) is 8.55. The van der Waals surface area contributed by atoms with Gasteiger partial charge in [0.25, 0.3) is 0 Å². The van der Waals surface area contributed by atoms with Crippen LogP contribution in [0.25, 0.3) is 72.0 Å². The van der Waals surface area contributed by atoms with E-state index in [0.717, 1.165) is 50.5 Å². The summed E-state index contributed by atoms with van der Waals surface area (Å²) < 4.78 is 2.40. The number of aromatic nitrogens is 1. The number of hydrogen-bond acceptors (Lipinski definition) is 1. The van der Waals surface area contributed by atoms with Crippen molar-refractivity contribution in [2.45, 2.75) is 0 Å². The van der Waals surface area contributed by atoms with E-state index in [0.29, 0.717) is 0 Å². The highest BCUT2D eigenvalue weighted by Crippen LogP contribution is 2.49. The van der Waals surface area contributed by atoms with Gasteiger partial charge in [0.15, 0.2) is 0 Å². The summed E-state index contributed by atoms with van der Waals surface area (Å²) in [6.07, 6.45) is 0. The molecule has 0 atom stereocenters. The second-order valence-electron chi connectivity index (χ2n) is 14.2. The van der Waals surface area contributed by atoms with Crippen molar-refractivity contribution in [2.75, 3.05) is 4.90 Å². The topological polar surface area (TPSA) is 8.17 Å². The van der Waals surface area contributed by atoms with Gasteiger partial charge in [0, 0.05) is 39.0 Å². The van der Waals surface area contributed by atoms with Crippen LogP contribution in [0.2, 0.25) is 0 Å². The summed E-state index contributed by atoms with van der Waals surface area (Å²) in [6.45, 7) is 0. The number of nitrogens with zero attached hydrogens (tertiary/aromatic N) is 2. The van der Waals surface area contributed by atoms with Gasteiger partial charge in [-0.25, -0.2) is 0 Å². The van der Waals surface area contributed by atoms with Gasteiger partial charge in [-0.1, -0.05) is 176 Å². The highest BCUT2D eigenvalue weighted by molar-refractivity contribution is 6.11. The van der Waals surface area contributed by atoms with Gasteiger partial charge in [-0.3, -0.25) is 0 Å². The molecule has 2 heteroatoms. The Labute approximate surface area is 327 Å². The van der Waals surface area contributed by atoms with Gasteiger partial charge in [0.05, 0.1) is 16.7 Å². The normalized spacial score (nSPS) is 11.2. The molecule has 10 aromatic rings. The molecule has 0 unspecified atom stereocenters. The lowest BCUT2D eigenvalue weighted by molar-refractivity contribution is 1.18. The van der Waals surface area contributed by atoms with Crippen molar-refractivity contribution in [2.24, 2.45) is 0 Å². The summed E-state index contributed by atoms with van der Waals surface area (Å²) >= 11 is 0. The average molecular weight is 715 g/mol. The van der Waals surface area contributed by atoms with Gasteiger partial charge in [-0.05, 0) is 88.0 Å². The highest BCUT2D eigenvalue weighted by atomic mass is 15.1. The molecular weight excluding hydrogens is 677 g/mol. The second-order valence-corrected chi connectivity index (χ2v) is 14.2. The molecule has 56 heavy (non-hydrogen) atoms. The fraction of sp³-hybridized carbons (Fsp3) is 0. The summed E-state index contributed by atoms with van der Waals surface area (Å²) in [6, 6.07) is 83.2. The molecule has 1 aromatic heterocycles. The zero-order valence-corrected chi connectivity index (χ0v) is 30.8. The molecule has 0 N–H and O–H groups in total. The van der Waals surface area contributed by atoms with Crippen molar-refractivity contribution in [3.8, 4) is 50.2 Å². The van der Waals surface area contributed by atoms with E-state index in [9.17, 15) is 0 Å². The van der Waals surface area contributed by atoms with Crippen molar-refractivity contribution in [1.82, 2.24) is 4.57 Å². The molecule has 10 rings (SSSR count). The van der Waals surface area contributed by atoms with Crippen LogP contribution in [0.1, 0.15) is 0 Å². The molecule has 264 valence electrons. The fourth-order valence-corrected chi connectivity index (χ4v) is 8.14. The summed E-state index contributed by atoms with van der Waals surface area (Å²) in [5, 5.41) is 2.46. The Bertz CT molecular complexity index is 2860. The van der Waals surface area contributed by atoms with E-state index in [2.05, 4.69) is 240 Å². The van der Waals surface area contributed by atoms with Crippen molar-refractivity contribution >= 4 is 38.9 Å². The smallest absolute Gasteiger partial charge is 0.0618 e. The molecule has 0 amide bonds. The monoisotopic (exact) mass is 714 g/mol. The van der Waals surface area contributed by atoms with E-state index in [-0.39, 0.29) is 0 Å². The molecule has 2 nitrogen and oxygen atoms in total. The summed E-state index contributed by atoms with van der Waals surface area (Å²) in [4.78, 5) is 2.47. The van der Waals surface area contributed by atoms with Crippen LogP contribution in [0.15, 0.2) is 231 Å². The number of anilines is 3. The first-order valence-corrected chi connectivity index (χ1v) is 19.2. The molecule has 9 aromatic carbocycles. The third kappa shape index (κ3) is 6.04. The lowest BCUT2D eigenvalue weighted by atomic mass is 9.89. The summed E-state index contributed by atoms with van der Waals surface area (Å²) in [7, 11) is 0. The van der Waals surface area contributed by atoms with Gasteiger partial charge in [0.1, 0.15) is 0 Å². The molecule has 0 spiro atoms. The van der Waals surface area contributed by atoms with Crippen LogP contribution in [0, 0.1) is 0 Å². The number of hydrogen-bond donors (Lipinski definition) is 0. The largest absolute Gasteiger partial charge is 0.309 e. The van der Waals surface area contributed by atoms with Crippen LogP contribution in [0.4, 0.5) is 17.1 Å². The number of rotatable bonds is 8. The predicted molar refractivity (Wildman–Crippen MR) is 237 cm³/mol. The standard InChI is InChI=1S/C54H38N2/c1-6-18-39(19-7-1)41-30-32-46(33-31-41)55(47-34-35-49-48-28-16-17-29-52(48)56(53(49)38-47)45-26-14-5-15-27-45)54-50(42-22-10-3-11-23-42)36-44(40-20-8-2-9-21-40)37-51(54)43-24-12-4-13-25-43/h1-38H. The van der Waals surface area contributed by atoms with Gasteiger partial charge in [-0.2, -0.15) is 0 Å². The van der Waals surface area contributed by atoms with Crippen LogP contribution in [-0.4, -0.2) is 4.57 Å². The highest BCUT2D eigenvalue weighted by Gasteiger charge is 2.25. The Morgan fingerprint density at radius 2 is 0.714 bits per heavy atom. The van der Waals surface area contributed by atoms with E-state index in [1.54, 1.807) is 0 Å². The quantitative estimate of drug-likeness (QED) is 0.152. The third-order valence-corrected chi connectivity index (χ3v) is 10.8. The first kappa shape index (κ1) is 33.2. The van der Waals surface area contributed by atoms with Crippen LogP contribution in [0.5, 0.6) is 0 Å². The minimum atomic E-state index is 1.08. The van der Waals surface area contributed by atoms with Crippen LogP contribution in [0.3, 0.4) is 0 Å². The molecule has 0 saturated heterocycles. The Balaban J connectivity index is 1.30. The molecule has 0 aliphatic rings. The van der Waals surface area contributed by atoms with Crippen LogP contribution < -0.4 is 4.90 Å². The Hall–Kier alpha value is -7.42. The predicted octanol–water partition coefficient (Wildman–Crippen LogP) is 14.9. The first-order chi connectivity index (χ1) is 27.8. The zero-order chi connectivity index (χ0) is 37.3. The van der Waals surface area contributed by atoms with Gasteiger partial charge < -0.3 is 9.47 Å². The van der Waals surface area contributed by atoms with E-state index in [1.807, 2.05) is 0 Å². The molecule has 1 heterocycles. The van der Waals surface area contributed by atoms with Crippen LogP contribution in [-0.2, 0) is 0 Å². The SMILES string of the molecule is c1ccc(-c2ccc(N(c3ccc4c5ccccc5n(-c5ccccc5)c4c3)c3c(-c4ccccc4)cc(-c4ccccc4)cc3-c3ccccc3)cc2)cc1. The van der Waals surface area contributed by atoms with E-state index < -0.39 is 0 Å². The molecule has 0 aliphatic carbocycles. The summed E-state index contributed by atoms with van der Waals surface area (Å²) in [5.41, 5.74) is 16.1. The van der Waals surface area contributed by atoms with Gasteiger partial charge in [-0.15, -0.1) is 0 Å². The second kappa shape index (κ2) is 14.4. The summed E-state index contributed by atoms with van der Waals surface area (Å²) in [5.74, 6) is 0. The fourth-order valence-electron chi connectivity index (χ4n) is 8.14. The lowest BCUT2D eigenvalue weighted by Gasteiger charge is -2.31. The average Bonchev–Trinajstić information content (AvgIpc) is 3.62. The number of fused-ring (bicyclic) bond motifs is 3. The zero-order valence-electron chi connectivity index (χ0n) is 30.8. The van der Waals surface area contributed by atoms with Crippen molar-refractivity contribution in [3.05, 3.63) is 231 Å². The Morgan fingerprint density at radius 1 is 0.286 bits per heavy atom. The molecule has 0 saturated carbocycles. The maximum Gasteiger partial charge on any atom is 0.0618 e. The molecular formula is C54H38N2. The van der Waals surface area contributed by atoms with E-state index in [1.165, 1.54) is 38.5 Å². The molecule has 0 bridgehead atoms. The van der Waals surface area contributed by atoms with E-state index >= 15 is 0 Å². The van der Waals surface area contributed by atoms with Crippen molar-refractivity contribution in [3.63, 3.8) is 0 Å². The first-order valence-electron chi connectivity index (χ1n) is 19.2. The van der Waals surface area contributed by atoms with Crippen molar-refractivity contribution in [1.29, 1.82) is 0 Å². The van der Waals surface area contributed by atoms with Crippen molar-refractivity contribution < 1.29 is 0 Å². The number of para-hydroxylation sites is 2. The van der Waals surface area contributed by atoms with E-state index in [4.69, 9.17) is 0 Å². The Morgan fingerprint density at radius 3 is 1.29 bits per heavy atom. The minimum Gasteiger partial charge on any atom is -0.309 e. The molecule has 0 fully saturated rings. The minimum absolute atomic E-state index is 1.08. The maximum atomic E-state index is 2.47. The third-order valence-electron chi connectivity index (χ3n) is 10.8. The van der Waals surface area contributed by atoms with Gasteiger partial charge >= 0.3 is 0 Å². The van der Waals surface area contributed by atoms with Crippen LogP contribution >= 0.6 is 0 Å². The maximum absolute atomic E-state index is 2.47. The van der Waals surface area contributed by atoms with Gasteiger partial charge in [0.2, 0.25) is 0 Å².